The number of benzene rings is 1. The Labute approximate surface area is 132 Å². The summed E-state index contributed by atoms with van der Waals surface area (Å²) in [5, 5.41) is 0. The Balaban J connectivity index is 2.59. The second kappa shape index (κ2) is 7.28. The molecule has 1 aromatic heterocycles. The monoisotopic (exact) mass is 308 g/mol. The molecule has 0 aliphatic carbocycles. The molecule has 4 heteroatoms. The van der Waals surface area contributed by atoms with Crippen LogP contribution in [0.1, 0.15) is 38.2 Å². The minimum atomic E-state index is 0.286. The number of para-hydroxylation sites is 1. The Morgan fingerprint density at radius 1 is 1.33 bits per heavy atom. The number of aromatic nitrogens is 2. The van der Waals surface area contributed by atoms with Gasteiger partial charge in [-0.3, -0.25) is 0 Å². The van der Waals surface area contributed by atoms with Crippen molar-refractivity contribution in [2.75, 3.05) is 19.1 Å². The summed E-state index contributed by atoms with van der Waals surface area (Å²) in [6.07, 6.45) is 0.783. The largest absolute Gasteiger partial charge is 0.380 e. The van der Waals surface area contributed by atoms with E-state index in [-0.39, 0.29) is 6.04 Å². The third-order valence-electron chi connectivity index (χ3n) is 3.90. The highest BCUT2D eigenvalue weighted by molar-refractivity contribution is 6.17. The fourth-order valence-corrected chi connectivity index (χ4v) is 2.96. The summed E-state index contributed by atoms with van der Waals surface area (Å²) < 4.78 is 8.08. The molecule has 1 heterocycles. The van der Waals surface area contributed by atoms with Crippen LogP contribution in [0.3, 0.4) is 0 Å². The number of halogens is 1. The molecule has 0 amide bonds. The van der Waals surface area contributed by atoms with Crippen LogP contribution in [0.4, 0.5) is 0 Å². The fraction of sp³-hybridized carbons (Fsp3) is 0.588. The zero-order valence-electron chi connectivity index (χ0n) is 13.4. The van der Waals surface area contributed by atoms with E-state index >= 15 is 0 Å². The molecule has 0 bridgehead atoms. The molecular weight excluding hydrogens is 284 g/mol. The standard InChI is InChI=1S/C17H25ClN2O/c1-5-21-11-15(12(2)3)20-16(9-10-18)19-14-8-6-7-13(4)17(14)20/h6-8,12,15H,5,9-11H2,1-4H3. The van der Waals surface area contributed by atoms with E-state index in [0.29, 0.717) is 18.4 Å². The highest BCUT2D eigenvalue weighted by Gasteiger charge is 2.22. The molecule has 0 spiro atoms. The van der Waals surface area contributed by atoms with Gasteiger partial charge in [-0.2, -0.15) is 0 Å². The van der Waals surface area contributed by atoms with Crippen molar-refractivity contribution in [1.29, 1.82) is 0 Å². The number of ether oxygens (including phenoxy) is 1. The highest BCUT2D eigenvalue weighted by Crippen LogP contribution is 2.29. The van der Waals surface area contributed by atoms with E-state index in [2.05, 4.69) is 43.5 Å². The Morgan fingerprint density at radius 3 is 2.71 bits per heavy atom. The lowest BCUT2D eigenvalue weighted by Crippen LogP contribution is -2.23. The Kier molecular flexibility index (Phi) is 5.65. The van der Waals surface area contributed by atoms with Crippen LogP contribution in [-0.2, 0) is 11.2 Å². The van der Waals surface area contributed by atoms with Crippen LogP contribution in [0.15, 0.2) is 18.2 Å². The molecule has 1 aromatic carbocycles. The minimum Gasteiger partial charge on any atom is -0.380 e. The second-order valence-corrected chi connectivity index (χ2v) is 6.13. The van der Waals surface area contributed by atoms with Crippen molar-refractivity contribution in [3.8, 4) is 0 Å². The van der Waals surface area contributed by atoms with Gasteiger partial charge in [-0.25, -0.2) is 4.98 Å². The Morgan fingerprint density at radius 2 is 2.10 bits per heavy atom. The predicted molar refractivity (Wildman–Crippen MR) is 89.3 cm³/mol. The number of hydrogen-bond acceptors (Lipinski definition) is 2. The Bertz CT molecular complexity index is 592. The molecule has 0 fully saturated rings. The topological polar surface area (TPSA) is 27.1 Å². The van der Waals surface area contributed by atoms with Gasteiger partial charge in [0.15, 0.2) is 0 Å². The van der Waals surface area contributed by atoms with Gasteiger partial charge in [0.05, 0.1) is 23.7 Å². The van der Waals surface area contributed by atoms with Gasteiger partial charge in [0.2, 0.25) is 0 Å². The zero-order valence-corrected chi connectivity index (χ0v) is 14.2. The molecule has 1 unspecified atom stereocenters. The summed E-state index contributed by atoms with van der Waals surface area (Å²) >= 11 is 5.98. The summed E-state index contributed by atoms with van der Waals surface area (Å²) in [6.45, 7) is 10.1. The highest BCUT2D eigenvalue weighted by atomic mass is 35.5. The lowest BCUT2D eigenvalue weighted by Gasteiger charge is -2.25. The van der Waals surface area contributed by atoms with Crippen molar-refractivity contribution < 1.29 is 4.74 Å². The smallest absolute Gasteiger partial charge is 0.111 e. The number of imidazole rings is 1. The number of aryl methyl sites for hydroxylation is 2. The molecule has 0 saturated carbocycles. The lowest BCUT2D eigenvalue weighted by molar-refractivity contribution is 0.0968. The Hall–Kier alpha value is -1.06. The zero-order chi connectivity index (χ0) is 15.4. The quantitative estimate of drug-likeness (QED) is 0.711. The molecule has 0 radical (unpaired) electrons. The molecule has 1 atom stereocenters. The first kappa shape index (κ1) is 16.3. The molecule has 0 aliphatic heterocycles. The van der Waals surface area contributed by atoms with E-state index in [4.69, 9.17) is 21.3 Å². The summed E-state index contributed by atoms with van der Waals surface area (Å²) in [6, 6.07) is 6.57. The summed E-state index contributed by atoms with van der Waals surface area (Å²) in [4.78, 5) is 4.80. The number of rotatable bonds is 7. The van der Waals surface area contributed by atoms with E-state index < -0.39 is 0 Å². The molecular formula is C17H25ClN2O. The maximum absolute atomic E-state index is 5.98. The summed E-state index contributed by atoms with van der Waals surface area (Å²) in [5.41, 5.74) is 3.52. The van der Waals surface area contributed by atoms with Crippen molar-refractivity contribution in [2.24, 2.45) is 5.92 Å². The van der Waals surface area contributed by atoms with Gasteiger partial charge < -0.3 is 9.30 Å². The molecule has 21 heavy (non-hydrogen) atoms. The van der Waals surface area contributed by atoms with Crippen molar-refractivity contribution in [2.45, 2.75) is 40.2 Å². The van der Waals surface area contributed by atoms with Crippen molar-refractivity contribution in [1.82, 2.24) is 9.55 Å². The summed E-state index contributed by atoms with van der Waals surface area (Å²) in [7, 11) is 0. The van der Waals surface area contributed by atoms with E-state index in [1.54, 1.807) is 0 Å². The normalized spacial score (nSPS) is 13.2. The van der Waals surface area contributed by atoms with Crippen molar-refractivity contribution in [3.63, 3.8) is 0 Å². The molecule has 116 valence electrons. The third kappa shape index (κ3) is 3.41. The van der Waals surface area contributed by atoms with Gasteiger partial charge in [-0.1, -0.05) is 26.0 Å². The number of hydrogen-bond donors (Lipinski definition) is 0. The second-order valence-electron chi connectivity index (χ2n) is 5.75. The van der Waals surface area contributed by atoms with Crippen molar-refractivity contribution in [3.05, 3.63) is 29.6 Å². The van der Waals surface area contributed by atoms with Crippen LogP contribution in [0, 0.1) is 12.8 Å². The van der Waals surface area contributed by atoms with Gasteiger partial charge in [0.25, 0.3) is 0 Å². The predicted octanol–water partition coefficient (Wildman–Crippen LogP) is 4.36. The van der Waals surface area contributed by atoms with E-state index in [1.807, 2.05) is 6.92 Å². The maximum Gasteiger partial charge on any atom is 0.111 e. The van der Waals surface area contributed by atoms with E-state index in [9.17, 15) is 0 Å². The molecule has 2 aromatic rings. The third-order valence-corrected chi connectivity index (χ3v) is 4.09. The fourth-order valence-electron chi connectivity index (χ4n) is 2.79. The molecule has 0 aliphatic rings. The van der Waals surface area contributed by atoms with Crippen LogP contribution in [-0.4, -0.2) is 28.6 Å². The van der Waals surface area contributed by atoms with Crippen LogP contribution in [0.5, 0.6) is 0 Å². The van der Waals surface area contributed by atoms with Crippen LogP contribution in [0.2, 0.25) is 0 Å². The maximum atomic E-state index is 5.98. The summed E-state index contributed by atoms with van der Waals surface area (Å²) in [5.74, 6) is 2.12. The first-order valence-corrected chi connectivity index (χ1v) is 8.23. The average molecular weight is 309 g/mol. The van der Waals surface area contributed by atoms with E-state index in [1.165, 1.54) is 11.1 Å². The van der Waals surface area contributed by atoms with Gasteiger partial charge >= 0.3 is 0 Å². The van der Waals surface area contributed by atoms with Gasteiger partial charge in [0.1, 0.15) is 5.82 Å². The van der Waals surface area contributed by atoms with E-state index in [0.717, 1.165) is 24.4 Å². The number of alkyl halides is 1. The van der Waals surface area contributed by atoms with Crippen LogP contribution in [0.25, 0.3) is 11.0 Å². The van der Waals surface area contributed by atoms with Crippen molar-refractivity contribution >= 4 is 22.6 Å². The number of fused-ring (bicyclic) bond motifs is 1. The van der Waals surface area contributed by atoms with Gasteiger partial charge in [-0.05, 0) is 31.4 Å². The molecule has 0 N–H and O–H groups in total. The first-order valence-electron chi connectivity index (χ1n) is 7.70. The van der Waals surface area contributed by atoms with Crippen LogP contribution < -0.4 is 0 Å². The van der Waals surface area contributed by atoms with Gasteiger partial charge in [0, 0.05) is 18.9 Å². The first-order chi connectivity index (χ1) is 10.1. The van der Waals surface area contributed by atoms with Gasteiger partial charge in [-0.15, -0.1) is 11.6 Å². The minimum absolute atomic E-state index is 0.286. The average Bonchev–Trinajstić information content (AvgIpc) is 2.79. The lowest BCUT2D eigenvalue weighted by atomic mass is 10.0. The molecule has 0 saturated heterocycles. The molecule has 2 rings (SSSR count). The molecule has 3 nitrogen and oxygen atoms in total. The number of nitrogens with zero attached hydrogens (tertiary/aromatic N) is 2. The SMILES string of the molecule is CCOCC(C(C)C)n1c(CCCl)nc2cccc(C)c21. The van der Waals surface area contributed by atoms with Crippen LogP contribution >= 0.6 is 11.6 Å².